The van der Waals surface area contributed by atoms with Gasteiger partial charge < -0.3 is 10.1 Å². The lowest BCUT2D eigenvalue weighted by atomic mass is 10.0. The Kier molecular flexibility index (Phi) is 5.70. The second kappa shape index (κ2) is 7.07. The van der Waals surface area contributed by atoms with E-state index in [9.17, 15) is 9.59 Å². The summed E-state index contributed by atoms with van der Waals surface area (Å²) in [5.74, 6) is 0.0385. The van der Waals surface area contributed by atoms with Gasteiger partial charge in [-0.3, -0.25) is 4.79 Å². The van der Waals surface area contributed by atoms with Crippen molar-refractivity contribution in [1.29, 1.82) is 0 Å². The number of hydrogen-bond donors (Lipinski definition) is 1. The molecule has 0 spiro atoms. The molecule has 0 bridgehead atoms. The molecule has 4 heteroatoms. The van der Waals surface area contributed by atoms with Crippen molar-refractivity contribution in [2.45, 2.75) is 40.2 Å². The first kappa shape index (κ1) is 17.0. The van der Waals surface area contributed by atoms with Crippen LogP contribution >= 0.6 is 0 Å². The van der Waals surface area contributed by atoms with E-state index in [-0.39, 0.29) is 5.78 Å². The van der Waals surface area contributed by atoms with Crippen LogP contribution in [-0.4, -0.2) is 24.0 Å². The molecule has 0 fully saturated rings. The maximum Gasteiger partial charge on any atom is 0.407 e. The lowest BCUT2D eigenvalue weighted by Gasteiger charge is -2.19. The number of carbonyl (C=O) groups is 2. The molecule has 1 amide bonds. The predicted molar refractivity (Wildman–Crippen MR) is 84.5 cm³/mol. The van der Waals surface area contributed by atoms with Crippen molar-refractivity contribution in [2.24, 2.45) is 0 Å². The summed E-state index contributed by atoms with van der Waals surface area (Å²) in [4.78, 5) is 22.8. The van der Waals surface area contributed by atoms with Gasteiger partial charge in [-0.05, 0) is 51.8 Å². The molecule has 0 saturated carbocycles. The first-order chi connectivity index (χ1) is 9.69. The summed E-state index contributed by atoms with van der Waals surface area (Å²) in [6.07, 6.45) is 3.27. The summed E-state index contributed by atoms with van der Waals surface area (Å²) in [5.41, 5.74) is 2.22. The zero-order chi connectivity index (χ0) is 16.0. The van der Waals surface area contributed by atoms with Crippen LogP contribution in [0.4, 0.5) is 4.79 Å². The molecule has 4 nitrogen and oxygen atoms in total. The number of ether oxygens (including phenoxy) is 1. The van der Waals surface area contributed by atoms with Gasteiger partial charge in [-0.1, -0.05) is 24.3 Å². The number of hydrogen-bond acceptors (Lipinski definition) is 3. The summed E-state index contributed by atoms with van der Waals surface area (Å²) in [6.45, 7) is 9.35. The Morgan fingerprint density at radius 1 is 1.29 bits per heavy atom. The Morgan fingerprint density at radius 2 is 1.95 bits per heavy atom. The van der Waals surface area contributed by atoms with Crippen LogP contribution < -0.4 is 5.32 Å². The Labute approximate surface area is 126 Å². The van der Waals surface area contributed by atoms with Gasteiger partial charge in [-0.2, -0.15) is 0 Å². The highest BCUT2D eigenvalue weighted by Gasteiger charge is 2.14. The van der Waals surface area contributed by atoms with E-state index in [0.717, 1.165) is 11.1 Å². The minimum atomic E-state index is -0.500. The first-order valence-corrected chi connectivity index (χ1v) is 6.94. The minimum Gasteiger partial charge on any atom is -0.444 e. The molecule has 0 aromatic heterocycles. The second-order valence-corrected chi connectivity index (χ2v) is 5.91. The molecule has 0 aliphatic rings. The standard InChI is InChI=1S/C17H23NO3/c1-12-8-9-15(13(2)19)11-14(12)7-6-10-18-16(20)21-17(3,4)5/h6-9,11H,10H2,1-5H3,(H,18,20). The van der Waals surface area contributed by atoms with E-state index >= 15 is 0 Å². The van der Waals surface area contributed by atoms with Crippen molar-refractivity contribution in [2.75, 3.05) is 6.54 Å². The summed E-state index contributed by atoms with van der Waals surface area (Å²) >= 11 is 0. The first-order valence-electron chi connectivity index (χ1n) is 6.94. The van der Waals surface area contributed by atoms with Gasteiger partial charge in [0.05, 0.1) is 0 Å². The number of carbonyl (C=O) groups excluding carboxylic acids is 2. The monoisotopic (exact) mass is 289 g/mol. The van der Waals surface area contributed by atoms with Gasteiger partial charge >= 0.3 is 6.09 Å². The molecule has 1 N–H and O–H groups in total. The molecule has 0 saturated heterocycles. The second-order valence-electron chi connectivity index (χ2n) is 5.91. The topological polar surface area (TPSA) is 55.4 Å². The number of rotatable bonds is 4. The van der Waals surface area contributed by atoms with E-state index in [1.807, 2.05) is 58.0 Å². The fourth-order valence-corrected chi connectivity index (χ4v) is 1.68. The molecular formula is C17H23NO3. The molecule has 114 valence electrons. The normalized spacial score (nSPS) is 11.5. The minimum absolute atomic E-state index is 0.0385. The Bertz CT molecular complexity index is 554. The Morgan fingerprint density at radius 3 is 2.52 bits per heavy atom. The highest BCUT2D eigenvalue weighted by molar-refractivity contribution is 5.94. The van der Waals surface area contributed by atoms with Gasteiger partial charge in [-0.15, -0.1) is 0 Å². The van der Waals surface area contributed by atoms with Gasteiger partial charge in [0.2, 0.25) is 0 Å². The summed E-state index contributed by atoms with van der Waals surface area (Å²) in [7, 11) is 0. The van der Waals surface area contributed by atoms with E-state index in [0.29, 0.717) is 12.1 Å². The number of ketones is 1. The molecule has 0 unspecified atom stereocenters. The third-order valence-corrected chi connectivity index (χ3v) is 2.75. The molecule has 0 aliphatic heterocycles. The van der Waals surface area contributed by atoms with Crippen LogP contribution in [0.5, 0.6) is 0 Å². The van der Waals surface area contributed by atoms with Crippen molar-refractivity contribution in [3.05, 3.63) is 41.0 Å². The van der Waals surface area contributed by atoms with Crippen LogP contribution in [0.25, 0.3) is 6.08 Å². The van der Waals surface area contributed by atoms with Crippen molar-refractivity contribution in [3.63, 3.8) is 0 Å². The Hall–Kier alpha value is -2.10. The lowest BCUT2D eigenvalue weighted by Crippen LogP contribution is -2.32. The van der Waals surface area contributed by atoms with Gasteiger partial charge in [0, 0.05) is 12.1 Å². The molecule has 0 atom stereocenters. The average Bonchev–Trinajstić information content (AvgIpc) is 2.34. The summed E-state index contributed by atoms with van der Waals surface area (Å²) < 4.78 is 5.14. The Balaban J connectivity index is 2.60. The van der Waals surface area contributed by atoms with Crippen LogP contribution in [0.2, 0.25) is 0 Å². The van der Waals surface area contributed by atoms with E-state index in [1.54, 1.807) is 6.92 Å². The molecular weight excluding hydrogens is 266 g/mol. The molecule has 1 aromatic carbocycles. The summed E-state index contributed by atoms with van der Waals surface area (Å²) in [5, 5.41) is 2.65. The van der Waals surface area contributed by atoms with Crippen LogP contribution in [0.3, 0.4) is 0 Å². The van der Waals surface area contributed by atoms with Crippen molar-refractivity contribution in [1.82, 2.24) is 5.32 Å². The van der Waals surface area contributed by atoms with Crippen LogP contribution in [0.15, 0.2) is 24.3 Å². The number of benzene rings is 1. The molecule has 0 aliphatic carbocycles. The van der Waals surface area contributed by atoms with Gasteiger partial charge in [0.1, 0.15) is 5.60 Å². The largest absolute Gasteiger partial charge is 0.444 e. The zero-order valence-corrected chi connectivity index (χ0v) is 13.3. The number of aryl methyl sites for hydroxylation is 1. The SMILES string of the molecule is CC(=O)c1ccc(C)c(C=CCNC(=O)OC(C)(C)C)c1. The average molecular weight is 289 g/mol. The fourth-order valence-electron chi connectivity index (χ4n) is 1.68. The van der Waals surface area contributed by atoms with E-state index in [2.05, 4.69) is 5.32 Å². The van der Waals surface area contributed by atoms with E-state index in [4.69, 9.17) is 4.74 Å². The van der Waals surface area contributed by atoms with Crippen LogP contribution in [0.1, 0.15) is 49.2 Å². The van der Waals surface area contributed by atoms with Crippen LogP contribution in [0, 0.1) is 6.92 Å². The number of nitrogens with one attached hydrogen (secondary N) is 1. The van der Waals surface area contributed by atoms with E-state index < -0.39 is 11.7 Å². The third-order valence-electron chi connectivity index (χ3n) is 2.75. The fraction of sp³-hybridized carbons (Fsp3) is 0.412. The number of amides is 1. The predicted octanol–water partition coefficient (Wildman–Crippen LogP) is 3.74. The number of alkyl carbamates (subject to hydrolysis) is 1. The highest BCUT2D eigenvalue weighted by atomic mass is 16.6. The quantitative estimate of drug-likeness (QED) is 0.859. The van der Waals surface area contributed by atoms with E-state index in [1.165, 1.54) is 0 Å². The number of Topliss-reactive ketones (excluding diaryl/α,β-unsaturated/α-hetero) is 1. The third kappa shape index (κ3) is 6.25. The molecule has 1 aromatic rings. The van der Waals surface area contributed by atoms with Crippen molar-refractivity contribution < 1.29 is 14.3 Å². The smallest absolute Gasteiger partial charge is 0.407 e. The maximum atomic E-state index is 11.5. The molecule has 1 rings (SSSR count). The maximum absolute atomic E-state index is 11.5. The van der Waals surface area contributed by atoms with Crippen molar-refractivity contribution in [3.8, 4) is 0 Å². The highest BCUT2D eigenvalue weighted by Crippen LogP contribution is 2.13. The molecule has 21 heavy (non-hydrogen) atoms. The van der Waals surface area contributed by atoms with Crippen molar-refractivity contribution >= 4 is 18.0 Å². The molecule has 0 heterocycles. The van der Waals surface area contributed by atoms with Gasteiger partial charge in [-0.25, -0.2) is 4.79 Å². The van der Waals surface area contributed by atoms with Gasteiger partial charge in [0.25, 0.3) is 0 Å². The molecule has 0 radical (unpaired) electrons. The zero-order valence-electron chi connectivity index (χ0n) is 13.3. The van der Waals surface area contributed by atoms with Crippen LogP contribution in [-0.2, 0) is 4.74 Å². The lowest BCUT2D eigenvalue weighted by molar-refractivity contribution is 0.0534. The summed E-state index contributed by atoms with van der Waals surface area (Å²) in [6, 6.07) is 5.58. The van der Waals surface area contributed by atoms with Gasteiger partial charge in [0.15, 0.2) is 5.78 Å².